The van der Waals surface area contributed by atoms with Crippen LogP contribution in [0.15, 0.2) is 4.52 Å². The molecule has 2 N–H and O–H groups in total. The van der Waals surface area contributed by atoms with Crippen LogP contribution in [0.25, 0.3) is 0 Å². The molecule has 1 aliphatic rings. The summed E-state index contributed by atoms with van der Waals surface area (Å²) in [6, 6.07) is 0.172. The largest absolute Gasteiger partial charge is 0.339 e. The van der Waals surface area contributed by atoms with Crippen LogP contribution >= 0.6 is 0 Å². The number of nitrogens with zero attached hydrogens (tertiary/aromatic N) is 2. The molecule has 1 aromatic heterocycles. The molecule has 0 spiro atoms. The van der Waals surface area contributed by atoms with Gasteiger partial charge in [0.1, 0.15) is 0 Å². The van der Waals surface area contributed by atoms with Crippen LogP contribution in [0.3, 0.4) is 0 Å². The summed E-state index contributed by atoms with van der Waals surface area (Å²) in [5.41, 5.74) is 6.15. The van der Waals surface area contributed by atoms with Gasteiger partial charge in [0.15, 0.2) is 5.82 Å². The van der Waals surface area contributed by atoms with E-state index in [1.165, 1.54) is 25.7 Å². The molecule has 0 amide bonds. The molecule has 2 rings (SSSR count). The molecule has 96 valence electrons. The van der Waals surface area contributed by atoms with Gasteiger partial charge in [-0.1, -0.05) is 38.8 Å². The van der Waals surface area contributed by atoms with E-state index in [0.717, 1.165) is 5.82 Å². The Morgan fingerprint density at radius 3 is 2.53 bits per heavy atom. The zero-order chi connectivity index (χ0) is 12.5. The second-order valence-corrected chi connectivity index (χ2v) is 6.17. The van der Waals surface area contributed by atoms with E-state index in [1.54, 1.807) is 0 Å². The van der Waals surface area contributed by atoms with Crippen LogP contribution in [0.4, 0.5) is 0 Å². The Balaban J connectivity index is 1.96. The van der Waals surface area contributed by atoms with Crippen LogP contribution in [0.2, 0.25) is 0 Å². The summed E-state index contributed by atoms with van der Waals surface area (Å²) < 4.78 is 5.28. The van der Waals surface area contributed by atoms with Crippen LogP contribution in [-0.2, 0) is 11.8 Å². The summed E-state index contributed by atoms with van der Waals surface area (Å²) in [5.74, 6) is 2.10. The lowest BCUT2D eigenvalue weighted by Gasteiger charge is -2.16. The van der Waals surface area contributed by atoms with Crippen molar-refractivity contribution in [2.75, 3.05) is 0 Å². The van der Waals surface area contributed by atoms with Gasteiger partial charge in [0, 0.05) is 17.9 Å². The van der Waals surface area contributed by atoms with E-state index in [4.69, 9.17) is 10.3 Å². The van der Waals surface area contributed by atoms with Crippen molar-refractivity contribution in [3.05, 3.63) is 11.7 Å². The van der Waals surface area contributed by atoms with E-state index in [2.05, 4.69) is 30.9 Å². The van der Waals surface area contributed by atoms with Crippen molar-refractivity contribution in [1.82, 2.24) is 10.1 Å². The molecule has 1 fully saturated rings. The normalized spacial score (nSPS) is 19.8. The average molecular weight is 237 g/mol. The Labute approximate surface area is 103 Å². The highest BCUT2D eigenvalue weighted by Crippen LogP contribution is 2.28. The zero-order valence-electron chi connectivity index (χ0n) is 11.1. The number of aromatic nitrogens is 2. The molecular formula is C13H23N3O. The van der Waals surface area contributed by atoms with Gasteiger partial charge in [-0.3, -0.25) is 0 Å². The van der Waals surface area contributed by atoms with Crippen molar-refractivity contribution in [2.24, 2.45) is 11.7 Å². The molecule has 4 nitrogen and oxygen atoms in total. The summed E-state index contributed by atoms with van der Waals surface area (Å²) in [6.07, 6.45) is 5.85. The minimum absolute atomic E-state index is 0.0563. The Morgan fingerprint density at radius 1 is 1.35 bits per heavy atom. The van der Waals surface area contributed by atoms with Crippen LogP contribution in [0, 0.1) is 5.92 Å². The predicted molar refractivity (Wildman–Crippen MR) is 66.6 cm³/mol. The fourth-order valence-corrected chi connectivity index (χ4v) is 2.40. The Bertz CT molecular complexity index is 361. The third-order valence-electron chi connectivity index (χ3n) is 3.55. The highest BCUT2D eigenvalue weighted by atomic mass is 16.5. The van der Waals surface area contributed by atoms with Gasteiger partial charge in [0.05, 0.1) is 0 Å². The molecule has 0 saturated heterocycles. The Hall–Kier alpha value is -0.900. The van der Waals surface area contributed by atoms with E-state index >= 15 is 0 Å². The van der Waals surface area contributed by atoms with E-state index in [1.807, 2.05) is 0 Å². The topological polar surface area (TPSA) is 64.9 Å². The lowest BCUT2D eigenvalue weighted by Crippen LogP contribution is -2.30. The van der Waals surface area contributed by atoms with Crippen molar-refractivity contribution in [2.45, 2.75) is 64.3 Å². The van der Waals surface area contributed by atoms with Crippen molar-refractivity contribution < 1.29 is 4.52 Å². The van der Waals surface area contributed by atoms with Crippen molar-refractivity contribution >= 4 is 0 Å². The maximum absolute atomic E-state index is 6.20. The molecule has 1 atom stereocenters. The number of rotatable bonds is 3. The van der Waals surface area contributed by atoms with Crippen LogP contribution in [0.1, 0.15) is 58.2 Å². The van der Waals surface area contributed by atoms with Gasteiger partial charge in [-0.2, -0.15) is 4.98 Å². The van der Waals surface area contributed by atoms with Crippen LogP contribution < -0.4 is 5.73 Å². The monoisotopic (exact) mass is 237 g/mol. The van der Waals surface area contributed by atoms with Crippen LogP contribution in [-0.4, -0.2) is 16.2 Å². The second kappa shape index (κ2) is 4.77. The molecule has 0 radical (unpaired) electrons. The smallest absolute Gasteiger partial charge is 0.228 e. The SMILES string of the molecule is CC(C)(C)c1noc(CC(N)C2CCCC2)n1. The standard InChI is InChI=1S/C13H23N3O/c1-13(2,3)12-15-11(17-16-12)8-10(14)9-6-4-5-7-9/h9-10H,4-8,14H2,1-3H3. The third kappa shape index (κ3) is 3.06. The zero-order valence-corrected chi connectivity index (χ0v) is 11.1. The molecule has 1 heterocycles. The van der Waals surface area contributed by atoms with Crippen molar-refractivity contribution in [1.29, 1.82) is 0 Å². The Kier molecular flexibility index (Phi) is 3.52. The van der Waals surface area contributed by atoms with E-state index < -0.39 is 0 Å². The van der Waals surface area contributed by atoms with Gasteiger partial charge in [-0.15, -0.1) is 0 Å². The molecule has 0 aromatic carbocycles. The molecule has 0 bridgehead atoms. The average Bonchev–Trinajstić information content (AvgIpc) is 2.85. The fraction of sp³-hybridized carbons (Fsp3) is 0.846. The first kappa shape index (κ1) is 12.6. The van der Waals surface area contributed by atoms with E-state index in [0.29, 0.717) is 18.2 Å². The maximum atomic E-state index is 6.20. The molecule has 1 aliphatic carbocycles. The summed E-state index contributed by atoms with van der Waals surface area (Å²) in [6.45, 7) is 6.25. The first-order chi connectivity index (χ1) is 7.97. The molecule has 1 unspecified atom stereocenters. The highest BCUT2D eigenvalue weighted by molar-refractivity contribution is 5.01. The van der Waals surface area contributed by atoms with Gasteiger partial charge in [-0.25, -0.2) is 0 Å². The maximum Gasteiger partial charge on any atom is 0.228 e. The first-order valence-electron chi connectivity index (χ1n) is 6.55. The van der Waals surface area contributed by atoms with E-state index in [9.17, 15) is 0 Å². The van der Waals surface area contributed by atoms with Gasteiger partial charge >= 0.3 is 0 Å². The molecule has 4 heteroatoms. The Morgan fingerprint density at radius 2 is 2.00 bits per heavy atom. The lowest BCUT2D eigenvalue weighted by atomic mass is 9.95. The molecular weight excluding hydrogens is 214 g/mol. The summed E-state index contributed by atoms with van der Waals surface area (Å²) >= 11 is 0. The quantitative estimate of drug-likeness (QED) is 0.876. The summed E-state index contributed by atoms with van der Waals surface area (Å²) in [4.78, 5) is 4.44. The minimum Gasteiger partial charge on any atom is -0.339 e. The minimum atomic E-state index is -0.0563. The molecule has 1 saturated carbocycles. The van der Waals surface area contributed by atoms with Crippen molar-refractivity contribution in [3.8, 4) is 0 Å². The summed E-state index contributed by atoms with van der Waals surface area (Å²) in [5, 5.41) is 4.03. The number of nitrogens with two attached hydrogens (primary N) is 1. The molecule has 17 heavy (non-hydrogen) atoms. The highest BCUT2D eigenvalue weighted by Gasteiger charge is 2.25. The fourth-order valence-electron chi connectivity index (χ4n) is 2.40. The third-order valence-corrected chi connectivity index (χ3v) is 3.55. The number of hydrogen-bond donors (Lipinski definition) is 1. The molecule has 1 aromatic rings. The van der Waals surface area contributed by atoms with Crippen molar-refractivity contribution in [3.63, 3.8) is 0 Å². The van der Waals surface area contributed by atoms with E-state index in [-0.39, 0.29) is 11.5 Å². The first-order valence-corrected chi connectivity index (χ1v) is 6.55. The van der Waals surface area contributed by atoms with Gasteiger partial charge in [-0.05, 0) is 18.8 Å². The number of hydrogen-bond acceptors (Lipinski definition) is 4. The van der Waals surface area contributed by atoms with Gasteiger partial charge < -0.3 is 10.3 Å². The lowest BCUT2D eigenvalue weighted by molar-refractivity contribution is 0.334. The van der Waals surface area contributed by atoms with Gasteiger partial charge in [0.25, 0.3) is 0 Å². The molecule has 0 aliphatic heterocycles. The second-order valence-electron chi connectivity index (χ2n) is 6.17. The van der Waals surface area contributed by atoms with Gasteiger partial charge in [0.2, 0.25) is 5.89 Å². The summed E-state index contributed by atoms with van der Waals surface area (Å²) in [7, 11) is 0. The predicted octanol–water partition coefficient (Wildman–Crippen LogP) is 2.43. The van der Waals surface area contributed by atoms with Crippen LogP contribution in [0.5, 0.6) is 0 Å².